The predicted molar refractivity (Wildman–Crippen MR) is 101 cm³/mol. The number of methoxy groups -OCH3 is 3. The minimum absolute atomic E-state index is 0.675. The van der Waals surface area contributed by atoms with Crippen molar-refractivity contribution in [3.8, 4) is 0 Å². The summed E-state index contributed by atoms with van der Waals surface area (Å²) in [4.78, 5) is 65.7. The summed E-state index contributed by atoms with van der Waals surface area (Å²) in [6, 6.07) is 0. The van der Waals surface area contributed by atoms with Crippen LogP contribution >= 0.6 is 0 Å². The van der Waals surface area contributed by atoms with Crippen LogP contribution in [0.1, 0.15) is 33.6 Å². The van der Waals surface area contributed by atoms with E-state index in [2.05, 4.69) is 14.2 Å². The second-order valence-electron chi connectivity index (χ2n) is 7.09. The van der Waals surface area contributed by atoms with E-state index in [0.29, 0.717) is 0 Å². The minimum Gasteiger partial charge on any atom is -0.481 e. The zero-order valence-corrected chi connectivity index (χ0v) is 18.4. The first-order valence-electron chi connectivity index (χ1n) is 8.75. The van der Waals surface area contributed by atoms with Gasteiger partial charge in [0.2, 0.25) is 0 Å². The Morgan fingerprint density at radius 3 is 1.34 bits per heavy atom. The van der Waals surface area contributed by atoms with Crippen molar-refractivity contribution in [1.29, 1.82) is 0 Å². The summed E-state index contributed by atoms with van der Waals surface area (Å²) in [5.74, 6) is -9.58. The number of ether oxygens (including phenoxy) is 3. The molecular formula is C18H28O14. The number of hydrogen-bond donors (Lipinski definition) is 5. The molecule has 0 spiro atoms. The first-order valence-corrected chi connectivity index (χ1v) is 8.75. The lowest BCUT2D eigenvalue weighted by Gasteiger charge is -2.38. The highest BCUT2D eigenvalue weighted by Crippen LogP contribution is 2.38. The summed E-state index contributed by atoms with van der Waals surface area (Å²) in [5, 5.41) is 46.1. The van der Waals surface area contributed by atoms with Crippen molar-refractivity contribution in [1.82, 2.24) is 0 Å². The van der Waals surface area contributed by atoms with Crippen LogP contribution in [0.2, 0.25) is 0 Å². The van der Waals surface area contributed by atoms with Gasteiger partial charge in [0.05, 0.1) is 40.1 Å². The molecule has 0 saturated heterocycles. The summed E-state index contributed by atoms with van der Waals surface area (Å²) in [5.41, 5.74) is -7.27. The molecule has 2 unspecified atom stereocenters. The van der Waals surface area contributed by atoms with Crippen molar-refractivity contribution in [2.75, 3.05) is 21.3 Å². The van der Waals surface area contributed by atoms with Crippen LogP contribution in [0.5, 0.6) is 0 Å². The monoisotopic (exact) mass is 468 g/mol. The molecule has 0 aromatic heterocycles. The number of carbonyl (C=O) groups is 6. The van der Waals surface area contributed by atoms with Gasteiger partial charge in [-0.15, -0.1) is 0 Å². The van der Waals surface area contributed by atoms with E-state index in [1.54, 1.807) is 0 Å². The maximum absolute atomic E-state index is 11.2. The Hall–Kier alpha value is -3.26. The van der Waals surface area contributed by atoms with E-state index >= 15 is 0 Å². The third kappa shape index (κ3) is 7.16. The zero-order valence-electron chi connectivity index (χ0n) is 18.4. The Morgan fingerprint density at radius 2 is 1.12 bits per heavy atom. The molecule has 0 aliphatic heterocycles. The zero-order chi connectivity index (χ0) is 26.1. The molecule has 0 amide bonds. The molecule has 0 bridgehead atoms. The third-order valence-corrected chi connectivity index (χ3v) is 4.70. The van der Waals surface area contributed by atoms with Crippen LogP contribution in [0.25, 0.3) is 0 Å². The Labute approximate surface area is 182 Å². The van der Waals surface area contributed by atoms with Gasteiger partial charge in [-0.1, -0.05) is 0 Å². The van der Waals surface area contributed by atoms with Crippen molar-refractivity contribution in [2.45, 2.75) is 44.8 Å². The highest BCUT2D eigenvalue weighted by Gasteiger charge is 2.60. The smallest absolute Gasteiger partial charge is 0.339 e. The second-order valence-corrected chi connectivity index (χ2v) is 7.09. The number of hydrogen-bond acceptors (Lipinski definition) is 11. The lowest BCUT2D eigenvalue weighted by molar-refractivity contribution is -0.198. The Morgan fingerprint density at radius 1 is 0.750 bits per heavy atom. The largest absolute Gasteiger partial charge is 0.481 e. The number of carboxylic acids is 3. The molecule has 14 nitrogen and oxygen atoms in total. The van der Waals surface area contributed by atoms with E-state index in [1.165, 1.54) is 0 Å². The van der Waals surface area contributed by atoms with Crippen molar-refractivity contribution >= 4 is 35.8 Å². The van der Waals surface area contributed by atoms with Crippen molar-refractivity contribution in [3.63, 3.8) is 0 Å². The summed E-state index contributed by atoms with van der Waals surface area (Å²) in [7, 11) is 3.22. The Balaban J connectivity index is 0. The molecule has 0 aromatic rings. The van der Waals surface area contributed by atoms with E-state index in [0.717, 1.165) is 42.1 Å². The van der Waals surface area contributed by atoms with E-state index in [9.17, 15) is 39.0 Å². The molecule has 184 valence electrons. The summed E-state index contributed by atoms with van der Waals surface area (Å²) in [6.45, 7) is 2.87. The van der Waals surface area contributed by atoms with Gasteiger partial charge in [0.15, 0.2) is 11.2 Å². The summed E-state index contributed by atoms with van der Waals surface area (Å²) >= 11 is 0. The number of aliphatic hydroxyl groups is 2. The topological polar surface area (TPSA) is 231 Å². The van der Waals surface area contributed by atoms with Gasteiger partial charge in [0.1, 0.15) is 5.41 Å². The molecule has 0 saturated carbocycles. The normalized spacial score (nSPS) is 13.9. The number of aliphatic carboxylic acids is 3. The van der Waals surface area contributed by atoms with Crippen LogP contribution in [0.4, 0.5) is 0 Å². The van der Waals surface area contributed by atoms with Gasteiger partial charge in [-0.2, -0.15) is 0 Å². The van der Waals surface area contributed by atoms with Crippen LogP contribution in [0.3, 0.4) is 0 Å². The molecule has 0 radical (unpaired) electrons. The predicted octanol–water partition coefficient (Wildman–Crippen LogP) is -1.35. The Kier molecular flexibility index (Phi) is 11.6. The number of esters is 3. The molecule has 0 fully saturated rings. The maximum Gasteiger partial charge on any atom is 0.339 e. The van der Waals surface area contributed by atoms with Crippen LogP contribution in [0, 0.1) is 11.3 Å². The van der Waals surface area contributed by atoms with E-state index in [1.807, 2.05) is 0 Å². The van der Waals surface area contributed by atoms with Crippen molar-refractivity contribution in [2.24, 2.45) is 11.3 Å². The maximum atomic E-state index is 11.2. The van der Waals surface area contributed by atoms with Gasteiger partial charge in [-0.25, -0.2) is 9.59 Å². The van der Waals surface area contributed by atoms with Crippen molar-refractivity contribution in [3.05, 3.63) is 0 Å². The molecule has 5 N–H and O–H groups in total. The Bertz CT molecular complexity index is 722. The lowest BCUT2D eigenvalue weighted by Crippen LogP contribution is -2.61. The van der Waals surface area contributed by atoms with Crippen LogP contribution < -0.4 is 0 Å². The van der Waals surface area contributed by atoms with Gasteiger partial charge >= 0.3 is 35.8 Å². The molecule has 32 heavy (non-hydrogen) atoms. The molecule has 0 aliphatic rings. The van der Waals surface area contributed by atoms with Gasteiger partial charge in [-0.3, -0.25) is 19.2 Å². The number of carbonyl (C=O) groups excluding carboxylic acids is 3. The average Bonchev–Trinajstić information content (AvgIpc) is 2.71. The highest BCUT2D eigenvalue weighted by atomic mass is 16.6. The SMILES string of the molecule is CC(C(=O)O)C(O)(C(=O)O)C(C)(C)C(=O)O.COC(=O)CC(O)(CC(=O)OC)C(=O)OC. The minimum atomic E-state index is -2.88. The van der Waals surface area contributed by atoms with Gasteiger partial charge in [0.25, 0.3) is 0 Å². The first-order chi connectivity index (χ1) is 14.4. The van der Waals surface area contributed by atoms with E-state index < -0.39 is 71.2 Å². The number of rotatable bonds is 10. The third-order valence-electron chi connectivity index (χ3n) is 4.70. The molecular weight excluding hydrogens is 440 g/mol. The van der Waals surface area contributed by atoms with Crippen LogP contribution in [0.15, 0.2) is 0 Å². The molecule has 0 aliphatic carbocycles. The molecule has 0 rings (SSSR count). The fourth-order valence-corrected chi connectivity index (χ4v) is 2.35. The van der Waals surface area contributed by atoms with Gasteiger partial charge in [0, 0.05) is 0 Å². The quantitative estimate of drug-likeness (QED) is 0.184. The molecule has 0 heterocycles. The van der Waals surface area contributed by atoms with Gasteiger partial charge < -0.3 is 39.7 Å². The van der Waals surface area contributed by atoms with Gasteiger partial charge in [-0.05, 0) is 20.8 Å². The summed E-state index contributed by atoms with van der Waals surface area (Å²) < 4.78 is 12.9. The lowest BCUT2D eigenvalue weighted by atomic mass is 9.68. The standard InChI is InChI=1S/2C9H14O7/c1-14-6(10)4-9(13,8(12)16-3)5-7(11)15-2;1-4(5(10)11)9(16,7(14)15)8(2,3)6(12)13/h13H,4-5H2,1-3H3;4,16H,1-3H3,(H,10,11)(H,12,13)(H,14,15). The molecule has 2 atom stereocenters. The summed E-state index contributed by atoms with van der Waals surface area (Å²) in [6.07, 6.45) is -1.35. The fraction of sp³-hybridized carbons (Fsp3) is 0.667. The first kappa shape index (κ1) is 30.9. The van der Waals surface area contributed by atoms with Crippen molar-refractivity contribution < 1.29 is 68.5 Å². The van der Waals surface area contributed by atoms with E-state index in [-0.39, 0.29) is 0 Å². The number of carboxylic acid groups (broad SMARTS) is 3. The van der Waals surface area contributed by atoms with E-state index in [4.69, 9.17) is 15.3 Å². The highest BCUT2D eigenvalue weighted by molar-refractivity contribution is 5.92. The molecule has 14 heteroatoms. The van der Waals surface area contributed by atoms with Crippen LogP contribution in [-0.2, 0) is 43.0 Å². The second kappa shape index (κ2) is 12.0. The van der Waals surface area contributed by atoms with Crippen LogP contribution in [-0.4, -0.2) is 93.9 Å². The average molecular weight is 468 g/mol. The molecule has 0 aromatic carbocycles. The fourth-order valence-electron chi connectivity index (χ4n) is 2.35.